The summed E-state index contributed by atoms with van der Waals surface area (Å²) in [6.07, 6.45) is 2.22. The third-order valence-electron chi connectivity index (χ3n) is 3.18. The smallest absolute Gasteiger partial charge is 0.329 e. The van der Waals surface area contributed by atoms with E-state index < -0.39 is 11.6 Å². The van der Waals surface area contributed by atoms with E-state index in [1.54, 1.807) is 23.2 Å². The van der Waals surface area contributed by atoms with Crippen molar-refractivity contribution in [3.8, 4) is 0 Å². The number of fused-ring (bicyclic) bond motifs is 1. The number of esters is 1. The van der Waals surface area contributed by atoms with Gasteiger partial charge in [0.1, 0.15) is 11.6 Å². The van der Waals surface area contributed by atoms with Crippen molar-refractivity contribution in [2.45, 2.75) is 58.6 Å². The maximum atomic E-state index is 12.3. The summed E-state index contributed by atoms with van der Waals surface area (Å²) in [5.41, 5.74) is 0.327. The van der Waals surface area contributed by atoms with Crippen LogP contribution in [-0.2, 0) is 20.7 Å². The van der Waals surface area contributed by atoms with Gasteiger partial charge in [-0.1, -0.05) is 0 Å². The maximum absolute atomic E-state index is 12.3. The Morgan fingerprint density at radius 1 is 1.40 bits per heavy atom. The summed E-state index contributed by atoms with van der Waals surface area (Å²) in [5, 5.41) is 1.97. The van der Waals surface area contributed by atoms with Gasteiger partial charge in [-0.2, -0.15) is 0 Å². The van der Waals surface area contributed by atoms with Crippen LogP contribution in [-0.4, -0.2) is 23.5 Å². The lowest BCUT2D eigenvalue weighted by Crippen LogP contribution is -2.45. The Hall–Kier alpha value is -1.36. The summed E-state index contributed by atoms with van der Waals surface area (Å²) in [5.74, 6) is -0.356. The average Bonchev–Trinajstić information content (AvgIpc) is 2.70. The van der Waals surface area contributed by atoms with Crippen LogP contribution in [0.15, 0.2) is 11.4 Å². The van der Waals surface area contributed by atoms with Gasteiger partial charge in [0.25, 0.3) is 0 Å². The maximum Gasteiger partial charge on any atom is 0.329 e. The Bertz CT molecular complexity index is 515. The molecule has 1 aromatic heterocycles. The molecule has 0 radical (unpaired) electrons. The van der Waals surface area contributed by atoms with Gasteiger partial charge in [0.05, 0.1) is 5.69 Å². The summed E-state index contributed by atoms with van der Waals surface area (Å²) in [4.78, 5) is 27.3. The first-order valence-electron chi connectivity index (χ1n) is 6.91. The average molecular weight is 295 g/mol. The SMILES string of the molecule is CC(C(=O)OC(C)(C)C)N1C(=O)CCCc2sccc21. The van der Waals surface area contributed by atoms with Gasteiger partial charge in [-0.25, -0.2) is 4.79 Å². The molecule has 0 N–H and O–H groups in total. The largest absolute Gasteiger partial charge is 0.458 e. The molecule has 0 fully saturated rings. The molecule has 1 unspecified atom stereocenters. The summed E-state index contributed by atoms with van der Waals surface area (Å²) in [6, 6.07) is 1.33. The fraction of sp³-hybridized carbons (Fsp3) is 0.600. The number of carbonyl (C=O) groups excluding carboxylic acids is 2. The molecule has 2 rings (SSSR count). The fourth-order valence-electron chi connectivity index (χ4n) is 2.31. The zero-order valence-corrected chi connectivity index (χ0v) is 13.3. The van der Waals surface area contributed by atoms with Gasteiger partial charge in [0.2, 0.25) is 5.91 Å². The molecule has 1 atom stereocenters. The van der Waals surface area contributed by atoms with E-state index in [-0.39, 0.29) is 11.9 Å². The molecule has 110 valence electrons. The predicted octanol–water partition coefficient (Wildman–Crippen LogP) is 3.15. The molecule has 0 saturated carbocycles. The van der Waals surface area contributed by atoms with Crippen LogP contribution in [0.5, 0.6) is 0 Å². The predicted molar refractivity (Wildman–Crippen MR) is 80.1 cm³/mol. The number of amides is 1. The molecule has 1 amide bonds. The minimum absolute atomic E-state index is 0.000471. The Morgan fingerprint density at radius 3 is 2.75 bits per heavy atom. The lowest BCUT2D eigenvalue weighted by molar-refractivity contribution is -0.156. The van der Waals surface area contributed by atoms with E-state index in [2.05, 4.69) is 0 Å². The molecule has 2 heterocycles. The number of aryl methyl sites for hydroxylation is 1. The Balaban J connectivity index is 2.26. The van der Waals surface area contributed by atoms with Crippen molar-refractivity contribution in [2.75, 3.05) is 4.90 Å². The molecular formula is C15H21NO3S. The van der Waals surface area contributed by atoms with Crippen molar-refractivity contribution in [3.05, 3.63) is 16.3 Å². The molecule has 4 nitrogen and oxygen atoms in total. The number of ether oxygens (including phenoxy) is 1. The number of carbonyl (C=O) groups is 2. The van der Waals surface area contributed by atoms with E-state index in [1.165, 1.54) is 4.88 Å². The highest BCUT2D eigenvalue weighted by atomic mass is 32.1. The van der Waals surface area contributed by atoms with E-state index in [0.717, 1.165) is 18.5 Å². The van der Waals surface area contributed by atoms with Crippen LogP contribution >= 0.6 is 11.3 Å². The van der Waals surface area contributed by atoms with Gasteiger partial charge in [-0.05, 0) is 52.0 Å². The molecule has 0 saturated heterocycles. The Labute approximate surface area is 123 Å². The van der Waals surface area contributed by atoms with Crippen molar-refractivity contribution in [1.82, 2.24) is 0 Å². The topological polar surface area (TPSA) is 46.6 Å². The molecule has 0 bridgehead atoms. The van der Waals surface area contributed by atoms with Crippen molar-refractivity contribution < 1.29 is 14.3 Å². The first kappa shape index (κ1) is 15.0. The first-order valence-corrected chi connectivity index (χ1v) is 7.79. The highest BCUT2D eigenvalue weighted by molar-refractivity contribution is 7.10. The van der Waals surface area contributed by atoms with Crippen molar-refractivity contribution in [3.63, 3.8) is 0 Å². The summed E-state index contributed by atoms with van der Waals surface area (Å²) in [7, 11) is 0. The van der Waals surface area contributed by atoms with Gasteiger partial charge in [-0.15, -0.1) is 11.3 Å². The molecule has 1 aliphatic heterocycles. The van der Waals surface area contributed by atoms with E-state index in [0.29, 0.717) is 6.42 Å². The third kappa shape index (κ3) is 3.20. The van der Waals surface area contributed by atoms with Crippen LogP contribution in [0.1, 0.15) is 45.4 Å². The van der Waals surface area contributed by atoms with Crippen molar-refractivity contribution in [1.29, 1.82) is 0 Å². The summed E-state index contributed by atoms with van der Waals surface area (Å²) in [6.45, 7) is 7.23. The van der Waals surface area contributed by atoms with E-state index >= 15 is 0 Å². The van der Waals surface area contributed by atoms with Gasteiger partial charge < -0.3 is 4.74 Å². The second-order valence-electron chi connectivity index (χ2n) is 6.06. The molecule has 5 heteroatoms. The number of anilines is 1. The standard InChI is InChI=1S/C15H21NO3S/c1-10(14(18)19-15(2,3)4)16-11-8-9-20-12(11)6-5-7-13(16)17/h8-10H,5-7H2,1-4H3. The number of nitrogens with zero attached hydrogens (tertiary/aromatic N) is 1. The Kier molecular flexibility index (Phi) is 4.18. The first-order chi connectivity index (χ1) is 9.29. The molecule has 1 aliphatic rings. The second-order valence-corrected chi connectivity index (χ2v) is 7.06. The highest BCUT2D eigenvalue weighted by Gasteiger charge is 2.33. The molecule has 0 aromatic carbocycles. The molecule has 0 spiro atoms. The van der Waals surface area contributed by atoms with Crippen LogP contribution < -0.4 is 4.90 Å². The van der Waals surface area contributed by atoms with Crippen molar-refractivity contribution in [2.24, 2.45) is 0 Å². The fourth-order valence-corrected chi connectivity index (χ4v) is 3.22. The third-order valence-corrected chi connectivity index (χ3v) is 4.15. The zero-order valence-electron chi connectivity index (χ0n) is 12.4. The molecule has 20 heavy (non-hydrogen) atoms. The van der Waals surface area contributed by atoms with E-state index in [4.69, 9.17) is 4.74 Å². The monoisotopic (exact) mass is 295 g/mol. The highest BCUT2D eigenvalue weighted by Crippen LogP contribution is 2.33. The molecular weight excluding hydrogens is 274 g/mol. The number of rotatable bonds is 2. The second kappa shape index (κ2) is 5.56. The van der Waals surface area contributed by atoms with Crippen LogP contribution in [0.3, 0.4) is 0 Å². The lowest BCUT2D eigenvalue weighted by atomic mass is 10.2. The zero-order chi connectivity index (χ0) is 14.9. The molecule has 0 aliphatic carbocycles. The van der Waals surface area contributed by atoms with Crippen LogP contribution in [0.25, 0.3) is 0 Å². The number of hydrogen-bond donors (Lipinski definition) is 0. The summed E-state index contributed by atoms with van der Waals surface area (Å²) >= 11 is 1.64. The minimum atomic E-state index is -0.590. The van der Waals surface area contributed by atoms with E-state index in [1.807, 2.05) is 32.2 Å². The Morgan fingerprint density at radius 2 is 2.10 bits per heavy atom. The minimum Gasteiger partial charge on any atom is -0.458 e. The van der Waals surface area contributed by atoms with Gasteiger partial charge in [-0.3, -0.25) is 9.69 Å². The van der Waals surface area contributed by atoms with Gasteiger partial charge in [0, 0.05) is 11.3 Å². The van der Waals surface area contributed by atoms with Crippen LogP contribution in [0, 0.1) is 0 Å². The molecule has 1 aromatic rings. The van der Waals surface area contributed by atoms with Crippen LogP contribution in [0.4, 0.5) is 5.69 Å². The summed E-state index contributed by atoms with van der Waals surface area (Å²) < 4.78 is 5.40. The van der Waals surface area contributed by atoms with Gasteiger partial charge in [0.15, 0.2) is 0 Å². The van der Waals surface area contributed by atoms with E-state index in [9.17, 15) is 9.59 Å². The quantitative estimate of drug-likeness (QED) is 0.787. The lowest BCUT2D eigenvalue weighted by Gasteiger charge is -2.29. The number of thiophene rings is 1. The normalized spacial score (nSPS) is 17.4. The van der Waals surface area contributed by atoms with Crippen molar-refractivity contribution >= 4 is 28.9 Å². The number of hydrogen-bond acceptors (Lipinski definition) is 4. The van der Waals surface area contributed by atoms with Gasteiger partial charge >= 0.3 is 5.97 Å². The van der Waals surface area contributed by atoms with Crippen LogP contribution in [0.2, 0.25) is 0 Å².